The van der Waals surface area contributed by atoms with E-state index in [4.69, 9.17) is 4.74 Å². The van der Waals surface area contributed by atoms with E-state index in [9.17, 15) is 4.79 Å². The van der Waals surface area contributed by atoms with Gasteiger partial charge in [-0.15, -0.1) is 0 Å². The smallest absolute Gasteiger partial charge is 0.257 e. The maximum atomic E-state index is 12.7. The van der Waals surface area contributed by atoms with Gasteiger partial charge in [-0.2, -0.15) is 5.10 Å². The van der Waals surface area contributed by atoms with Crippen molar-refractivity contribution in [2.45, 2.75) is 26.8 Å². The van der Waals surface area contributed by atoms with E-state index >= 15 is 0 Å². The summed E-state index contributed by atoms with van der Waals surface area (Å²) in [6.07, 6.45) is 0.828. The number of rotatable bonds is 7. The third-order valence-electron chi connectivity index (χ3n) is 3.96. The SMILES string of the molecule is COCCCN(C)C(=O)c1c(C)nn(Cc2ccccc2)c1C. The molecule has 5 heteroatoms. The lowest BCUT2D eigenvalue weighted by Crippen LogP contribution is -2.29. The van der Waals surface area contributed by atoms with Gasteiger partial charge in [0, 0.05) is 33.0 Å². The second-order valence-corrected chi connectivity index (χ2v) is 5.76. The lowest BCUT2D eigenvalue weighted by molar-refractivity contribution is 0.0778. The number of methoxy groups -OCH3 is 1. The summed E-state index contributed by atoms with van der Waals surface area (Å²) < 4.78 is 6.94. The molecule has 0 bridgehead atoms. The zero-order valence-corrected chi connectivity index (χ0v) is 14.4. The van der Waals surface area contributed by atoms with Crippen LogP contribution in [0.4, 0.5) is 0 Å². The van der Waals surface area contributed by atoms with Crippen molar-refractivity contribution in [3.63, 3.8) is 0 Å². The lowest BCUT2D eigenvalue weighted by atomic mass is 10.1. The average molecular weight is 315 g/mol. The molecule has 0 saturated heterocycles. The molecule has 0 N–H and O–H groups in total. The predicted molar refractivity (Wildman–Crippen MR) is 90.7 cm³/mol. The molecule has 2 rings (SSSR count). The molecular formula is C18H25N3O2. The molecule has 2 aromatic rings. The number of benzene rings is 1. The Labute approximate surface area is 137 Å². The van der Waals surface area contributed by atoms with Crippen molar-refractivity contribution < 1.29 is 9.53 Å². The molecular weight excluding hydrogens is 290 g/mol. The number of carbonyl (C=O) groups excluding carboxylic acids is 1. The third kappa shape index (κ3) is 4.20. The number of aryl methyl sites for hydroxylation is 1. The molecule has 0 radical (unpaired) electrons. The Morgan fingerprint density at radius 1 is 1.26 bits per heavy atom. The summed E-state index contributed by atoms with van der Waals surface area (Å²) in [6, 6.07) is 10.1. The minimum Gasteiger partial charge on any atom is -0.385 e. The summed E-state index contributed by atoms with van der Waals surface area (Å²) >= 11 is 0. The van der Waals surface area contributed by atoms with Gasteiger partial charge in [0.15, 0.2) is 0 Å². The molecule has 1 heterocycles. The molecule has 5 nitrogen and oxygen atoms in total. The van der Waals surface area contributed by atoms with Crippen LogP contribution in [0.15, 0.2) is 30.3 Å². The highest BCUT2D eigenvalue weighted by molar-refractivity contribution is 5.96. The van der Waals surface area contributed by atoms with E-state index in [1.54, 1.807) is 12.0 Å². The quantitative estimate of drug-likeness (QED) is 0.738. The van der Waals surface area contributed by atoms with Crippen LogP contribution in [0, 0.1) is 13.8 Å². The normalized spacial score (nSPS) is 10.8. The molecule has 0 fully saturated rings. The number of carbonyl (C=O) groups is 1. The fourth-order valence-corrected chi connectivity index (χ4v) is 2.66. The largest absolute Gasteiger partial charge is 0.385 e. The highest BCUT2D eigenvalue weighted by atomic mass is 16.5. The van der Waals surface area contributed by atoms with Crippen molar-refractivity contribution in [1.29, 1.82) is 0 Å². The van der Waals surface area contributed by atoms with Crippen LogP contribution in [-0.2, 0) is 11.3 Å². The molecule has 23 heavy (non-hydrogen) atoms. The number of amides is 1. The van der Waals surface area contributed by atoms with E-state index in [2.05, 4.69) is 17.2 Å². The van der Waals surface area contributed by atoms with Crippen molar-refractivity contribution in [2.24, 2.45) is 0 Å². The molecule has 0 aliphatic carbocycles. The molecule has 124 valence electrons. The third-order valence-corrected chi connectivity index (χ3v) is 3.96. The first kappa shape index (κ1) is 17.2. The predicted octanol–water partition coefficient (Wildman–Crippen LogP) is 2.66. The molecule has 0 aliphatic rings. The van der Waals surface area contributed by atoms with Crippen molar-refractivity contribution in [1.82, 2.24) is 14.7 Å². The van der Waals surface area contributed by atoms with Gasteiger partial charge in [0.2, 0.25) is 0 Å². The Morgan fingerprint density at radius 2 is 1.96 bits per heavy atom. The first-order valence-electron chi connectivity index (χ1n) is 7.87. The Bertz CT molecular complexity index is 650. The van der Waals surface area contributed by atoms with Gasteiger partial charge in [0.1, 0.15) is 0 Å². The monoisotopic (exact) mass is 315 g/mol. The summed E-state index contributed by atoms with van der Waals surface area (Å²) in [7, 11) is 3.50. The second kappa shape index (κ2) is 7.92. The minimum absolute atomic E-state index is 0.0235. The Balaban J connectivity index is 2.15. The zero-order chi connectivity index (χ0) is 16.8. The van der Waals surface area contributed by atoms with Crippen LogP contribution < -0.4 is 0 Å². The van der Waals surface area contributed by atoms with Crippen LogP contribution in [-0.4, -0.2) is 47.9 Å². The first-order chi connectivity index (χ1) is 11.0. The summed E-state index contributed by atoms with van der Waals surface area (Å²) in [5, 5.41) is 4.55. The summed E-state index contributed by atoms with van der Waals surface area (Å²) in [4.78, 5) is 14.4. The summed E-state index contributed by atoms with van der Waals surface area (Å²) in [5.41, 5.74) is 3.57. The van der Waals surface area contributed by atoms with E-state index in [1.807, 2.05) is 43.8 Å². The minimum atomic E-state index is 0.0235. The first-order valence-corrected chi connectivity index (χ1v) is 7.87. The highest BCUT2D eigenvalue weighted by Crippen LogP contribution is 2.17. The van der Waals surface area contributed by atoms with Gasteiger partial charge in [-0.25, -0.2) is 0 Å². The molecule has 0 aliphatic heterocycles. The standard InChI is InChI=1S/C18H25N3O2/c1-14-17(18(22)20(3)11-8-12-23-4)15(2)21(19-14)13-16-9-6-5-7-10-16/h5-7,9-10H,8,11-13H2,1-4H3. The van der Waals surface area contributed by atoms with Crippen LogP contribution in [0.5, 0.6) is 0 Å². The Kier molecular flexibility index (Phi) is 5.93. The lowest BCUT2D eigenvalue weighted by Gasteiger charge is -2.17. The van der Waals surface area contributed by atoms with Gasteiger partial charge in [0.05, 0.1) is 17.8 Å². The van der Waals surface area contributed by atoms with Crippen molar-refractivity contribution >= 4 is 5.91 Å². The van der Waals surface area contributed by atoms with E-state index in [0.717, 1.165) is 17.8 Å². The van der Waals surface area contributed by atoms with Gasteiger partial charge in [0.25, 0.3) is 5.91 Å². The van der Waals surface area contributed by atoms with Crippen molar-refractivity contribution in [2.75, 3.05) is 27.3 Å². The van der Waals surface area contributed by atoms with E-state index in [0.29, 0.717) is 25.3 Å². The fraction of sp³-hybridized carbons (Fsp3) is 0.444. The van der Waals surface area contributed by atoms with Gasteiger partial charge in [-0.3, -0.25) is 9.48 Å². The zero-order valence-electron chi connectivity index (χ0n) is 14.4. The Hall–Kier alpha value is -2.14. The van der Waals surface area contributed by atoms with Crippen molar-refractivity contribution in [3.05, 3.63) is 52.8 Å². The summed E-state index contributed by atoms with van der Waals surface area (Å²) in [6.45, 7) is 5.86. The summed E-state index contributed by atoms with van der Waals surface area (Å²) in [5.74, 6) is 0.0235. The number of ether oxygens (including phenoxy) is 1. The van der Waals surface area contributed by atoms with Gasteiger partial charge < -0.3 is 9.64 Å². The van der Waals surface area contributed by atoms with Gasteiger partial charge in [-0.05, 0) is 25.8 Å². The maximum absolute atomic E-state index is 12.7. The van der Waals surface area contributed by atoms with Crippen molar-refractivity contribution in [3.8, 4) is 0 Å². The molecule has 0 atom stereocenters. The van der Waals surface area contributed by atoms with Gasteiger partial charge >= 0.3 is 0 Å². The fourth-order valence-electron chi connectivity index (χ4n) is 2.66. The molecule has 0 saturated carbocycles. The van der Waals surface area contributed by atoms with Crippen LogP contribution in [0.2, 0.25) is 0 Å². The van der Waals surface area contributed by atoms with E-state index in [1.165, 1.54) is 5.56 Å². The maximum Gasteiger partial charge on any atom is 0.257 e. The van der Waals surface area contributed by atoms with Crippen LogP contribution in [0.3, 0.4) is 0 Å². The number of nitrogens with zero attached hydrogens (tertiary/aromatic N) is 3. The number of hydrogen-bond acceptors (Lipinski definition) is 3. The Morgan fingerprint density at radius 3 is 2.61 bits per heavy atom. The second-order valence-electron chi connectivity index (χ2n) is 5.76. The molecule has 1 aromatic heterocycles. The highest BCUT2D eigenvalue weighted by Gasteiger charge is 2.21. The van der Waals surface area contributed by atoms with Crippen LogP contribution in [0.25, 0.3) is 0 Å². The van der Waals surface area contributed by atoms with E-state index in [-0.39, 0.29) is 5.91 Å². The molecule has 1 amide bonds. The number of aromatic nitrogens is 2. The van der Waals surface area contributed by atoms with Crippen LogP contribution in [0.1, 0.15) is 33.7 Å². The van der Waals surface area contributed by atoms with E-state index < -0.39 is 0 Å². The topological polar surface area (TPSA) is 47.4 Å². The molecule has 0 unspecified atom stereocenters. The molecule has 0 spiro atoms. The van der Waals surface area contributed by atoms with Gasteiger partial charge in [-0.1, -0.05) is 30.3 Å². The number of hydrogen-bond donors (Lipinski definition) is 0. The van der Waals surface area contributed by atoms with Crippen LogP contribution >= 0.6 is 0 Å². The molecule has 1 aromatic carbocycles. The average Bonchev–Trinajstić information content (AvgIpc) is 2.82.